The van der Waals surface area contributed by atoms with E-state index in [2.05, 4.69) is 10.1 Å². The number of benzene rings is 1. The molecular formula is C19H19ClF2N4O2. The molecule has 0 saturated carbocycles. The van der Waals surface area contributed by atoms with Gasteiger partial charge in [0.15, 0.2) is 11.3 Å². The Morgan fingerprint density at radius 2 is 1.89 bits per heavy atom. The molecule has 0 fully saturated rings. The maximum Gasteiger partial charge on any atom is 0.356 e. The van der Waals surface area contributed by atoms with E-state index in [0.29, 0.717) is 12.4 Å². The van der Waals surface area contributed by atoms with Gasteiger partial charge in [0.05, 0.1) is 5.69 Å². The lowest BCUT2D eigenvalue weighted by Crippen LogP contribution is -2.33. The second-order valence-corrected chi connectivity index (χ2v) is 7.02. The molecule has 9 heteroatoms. The summed E-state index contributed by atoms with van der Waals surface area (Å²) < 4.78 is 29.3. The maximum absolute atomic E-state index is 14.0. The van der Waals surface area contributed by atoms with Crippen molar-refractivity contribution >= 4 is 29.0 Å². The van der Waals surface area contributed by atoms with Gasteiger partial charge in [0.25, 0.3) is 0 Å². The third kappa shape index (κ3) is 3.64. The van der Waals surface area contributed by atoms with Crippen molar-refractivity contribution < 1.29 is 18.7 Å². The summed E-state index contributed by atoms with van der Waals surface area (Å²) in [4.78, 5) is 17.7. The molecule has 0 spiro atoms. The van der Waals surface area contributed by atoms with Crippen LogP contribution in [0.1, 0.15) is 37.7 Å². The number of halogens is 3. The Morgan fingerprint density at radius 3 is 2.43 bits per heavy atom. The first-order chi connectivity index (χ1) is 13.2. The van der Waals surface area contributed by atoms with Gasteiger partial charge in [-0.3, -0.25) is 0 Å². The smallest absolute Gasteiger partial charge is 0.356 e. The average molecular weight is 409 g/mol. The van der Waals surface area contributed by atoms with Crippen molar-refractivity contribution in [3.63, 3.8) is 0 Å². The second kappa shape index (κ2) is 7.71. The molecule has 2 aromatic heterocycles. The number of carboxylic acids is 1. The minimum atomic E-state index is -1.19. The highest BCUT2D eigenvalue weighted by atomic mass is 35.5. The number of carboxylic acid groups (broad SMARTS) is 1. The summed E-state index contributed by atoms with van der Waals surface area (Å²) in [5.41, 5.74) is 0.582. The quantitative estimate of drug-likeness (QED) is 0.601. The Morgan fingerprint density at radius 1 is 1.25 bits per heavy atom. The maximum atomic E-state index is 14.0. The van der Waals surface area contributed by atoms with Crippen molar-refractivity contribution in [2.45, 2.75) is 33.2 Å². The standard InChI is InChI=1S/C19H19ClF2N4O2/c1-4-5-25(10(2)3)17-9-14(11-6-12(21)18(20)13(22)7-11)23-16-8-15(19(27)28)24-26(16)17/h6-10H,4-5H2,1-3H3,(H,27,28). The van der Waals surface area contributed by atoms with Crippen LogP contribution < -0.4 is 4.90 Å². The molecule has 0 saturated heterocycles. The van der Waals surface area contributed by atoms with E-state index in [-0.39, 0.29) is 28.6 Å². The molecule has 0 bridgehead atoms. The number of hydrogen-bond donors (Lipinski definition) is 1. The number of hydrogen-bond acceptors (Lipinski definition) is 4. The molecule has 6 nitrogen and oxygen atoms in total. The van der Waals surface area contributed by atoms with Gasteiger partial charge in [0.1, 0.15) is 22.5 Å². The number of aromatic nitrogens is 3. The number of rotatable bonds is 6. The van der Waals surface area contributed by atoms with E-state index in [1.807, 2.05) is 25.7 Å². The average Bonchev–Trinajstić information content (AvgIpc) is 3.07. The number of nitrogens with zero attached hydrogens (tertiary/aromatic N) is 4. The van der Waals surface area contributed by atoms with Gasteiger partial charge in [-0.1, -0.05) is 18.5 Å². The molecule has 3 aromatic rings. The topological polar surface area (TPSA) is 70.7 Å². The lowest BCUT2D eigenvalue weighted by Gasteiger charge is -2.29. The molecule has 0 aliphatic rings. The normalized spacial score (nSPS) is 11.4. The zero-order chi connectivity index (χ0) is 20.6. The van der Waals surface area contributed by atoms with Gasteiger partial charge in [-0.2, -0.15) is 9.61 Å². The summed E-state index contributed by atoms with van der Waals surface area (Å²) in [6, 6.07) is 5.24. The first-order valence-corrected chi connectivity index (χ1v) is 9.16. The number of carbonyl (C=O) groups is 1. The minimum absolute atomic E-state index is 0.0783. The molecule has 1 aromatic carbocycles. The van der Waals surface area contributed by atoms with Crippen LogP contribution in [0.4, 0.5) is 14.6 Å². The summed E-state index contributed by atoms with van der Waals surface area (Å²) in [5.74, 6) is -2.39. The zero-order valence-electron chi connectivity index (χ0n) is 15.6. The fourth-order valence-electron chi connectivity index (χ4n) is 3.00. The third-order valence-electron chi connectivity index (χ3n) is 4.29. The number of anilines is 1. The predicted octanol–water partition coefficient (Wildman–Crippen LogP) is 4.65. The Kier molecular flexibility index (Phi) is 5.51. The molecule has 0 radical (unpaired) electrons. The summed E-state index contributed by atoms with van der Waals surface area (Å²) in [7, 11) is 0. The van der Waals surface area contributed by atoms with E-state index in [1.165, 1.54) is 10.6 Å². The van der Waals surface area contributed by atoms with E-state index < -0.39 is 22.6 Å². The van der Waals surface area contributed by atoms with Gasteiger partial charge in [-0.05, 0) is 32.4 Å². The molecule has 2 heterocycles. The monoisotopic (exact) mass is 408 g/mol. The Hall–Kier alpha value is -2.74. The van der Waals surface area contributed by atoms with Gasteiger partial charge >= 0.3 is 5.97 Å². The fourth-order valence-corrected chi connectivity index (χ4v) is 3.11. The van der Waals surface area contributed by atoms with Gasteiger partial charge in [-0.25, -0.2) is 18.6 Å². The molecule has 28 heavy (non-hydrogen) atoms. The van der Waals surface area contributed by atoms with Gasteiger partial charge in [-0.15, -0.1) is 0 Å². The largest absolute Gasteiger partial charge is 0.476 e. The van der Waals surface area contributed by atoms with Crippen molar-refractivity contribution in [2.75, 3.05) is 11.4 Å². The molecule has 0 atom stereocenters. The van der Waals surface area contributed by atoms with Crippen LogP contribution in [-0.4, -0.2) is 38.3 Å². The summed E-state index contributed by atoms with van der Waals surface area (Å²) >= 11 is 5.58. The molecule has 0 amide bonds. The first-order valence-electron chi connectivity index (χ1n) is 8.78. The van der Waals surface area contributed by atoms with E-state index in [9.17, 15) is 18.7 Å². The van der Waals surface area contributed by atoms with E-state index in [0.717, 1.165) is 18.6 Å². The SMILES string of the molecule is CCCN(c1cc(-c2cc(F)c(Cl)c(F)c2)nc2cc(C(=O)O)nn12)C(C)C. The second-order valence-electron chi connectivity index (χ2n) is 6.65. The molecule has 3 rings (SSSR count). The minimum Gasteiger partial charge on any atom is -0.476 e. The van der Waals surface area contributed by atoms with Crippen molar-refractivity contribution in [2.24, 2.45) is 0 Å². The number of aromatic carboxylic acids is 1. The summed E-state index contributed by atoms with van der Waals surface area (Å²) in [6.45, 7) is 6.68. The predicted molar refractivity (Wildman–Crippen MR) is 103 cm³/mol. The lowest BCUT2D eigenvalue weighted by molar-refractivity contribution is 0.0690. The van der Waals surface area contributed by atoms with Crippen LogP contribution >= 0.6 is 11.6 Å². The van der Waals surface area contributed by atoms with Crippen molar-refractivity contribution in [1.82, 2.24) is 14.6 Å². The highest BCUT2D eigenvalue weighted by Crippen LogP contribution is 2.30. The fraction of sp³-hybridized carbons (Fsp3) is 0.316. The van der Waals surface area contributed by atoms with E-state index >= 15 is 0 Å². The van der Waals surface area contributed by atoms with Gasteiger partial charge in [0.2, 0.25) is 0 Å². The van der Waals surface area contributed by atoms with Crippen molar-refractivity contribution in [3.05, 3.63) is 46.6 Å². The van der Waals surface area contributed by atoms with Crippen molar-refractivity contribution in [1.29, 1.82) is 0 Å². The first kappa shape index (κ1) is 20.0. The lowest BCUT2D eigenvalue weighted by atomic mass is 10.1. The summed E-state index contributed by atoms with van der Waals surface area (Å²) in [6.07, 6.45) is 0.842. The molecule has 0 aliphatic carbocycles. The van der Waals surface area contributed by atoms with E-state index in [1.54, 1.807) is 6.07 Å². The van der Waals surface area contributed by atoms with Crippen LogP contribution in [0.3, 0.4) is 0 Å². The molecule has 0 unspecified atom stereocenters. The summed E-state index contributed by atoms with van der Waals surface area (Å²) in [5, 5.41) is 12.8. The van der Waals surface area contributed by atoms with Gasteiger partial charge in [0, 0.05) is 30.3 Å². The van der Waals surface area contributed by atoms with Crippen LogP contribution in [0.25, 0.3) is 16.9 Å². The molecule has 0 aliphatic heterocycles. The van der Waals surface area contributed by atoms with Crippen LogP contribution in [0.2, 0.25) is 5.02 Å². The number of fused-ring (bicyclic) bond motifs is 1. The molecule has 1 N–H and O–H groups in total. The third-order valence-corrected chi connectivity index (χ3v) is 4.65. The van der Waals surface area contributed by atoms with Crippen LogP contribution in [0.5, 0.6) is 0 Å². The Labute approximate surface area is 165 Å². The van der Waals surface area contributed by atoms with E-state index in [4.69, 9.17) is 11.6 Å². The zero-order valence-corrected chi connectivity index (χ0v) is 16.3. The van der Waals surface area contributed by atoms with Crippen LogP contribution in [0, 0.1) is 11.6 Å². The van der Waals surface area contributed by atoms with Crippen LogP contribution in [-0.2, 0) is 0 Å². The van der Waals surface area contributed by atoms with Crippen molar-refractivity contribution in [3.8, 4) is 11.3 Å². The highest BCUT2D eigenvalue weighted by molar-refractivity contribution is 6.31. The molecule has 148 valence electrons. The Balaban J connectivity index is 2.29. The molecular weight excluding hydrogens is 390 g/mol. The highest BCUT2D eigenvalue weighted by Gasteiger charge is 2.20. The Bertz CT molecular complexity index is 1030. The van der Waals surface area contributed by atoms with Gasteiger partial charge < -0.3 is 10.0 Å². The van der Waals surface area contributed by atoms with Crippen LogP contribution in [0.15, 0.2) is 24.3 Å².